The summed E-state index contributed by atoms with van der Waals surface area (Å²) < 4.78 is 12.2. The quantitative estimate of drug-likeness (QED) is 0.880. The van der Waals surface area contributed by atoms with E-state index in [1.165, 1.54) is 0 Å². The summed E-state index contributed by atoms with van der Waals surface area (Å²) in [4.78, 5) is 4.88. The summed E-state index contributed by atoms with van der Waals surface area (Å²) in [6.45, 7) is 1.90. The molecule has 0 amide bonds. The molecule has 1 aromatic carbocycles. The third-order valence-corrected chi connectivity index (χ3v) is 4.08. The predicted molar refractivity (Wildman–Crippen MR) is 75.0 cm³/mol. The van der Waals surface area contributed by atoms with Crippen LogP contribution in [0.1, 0.15) is 11.4 Å². The lowest BCUT2D eigenvalue weighted by Crippen LogP contribution is -2.02. The van der Waals surface area contributed by atoms with Crippen LogP contribution < -0.4 is 5.73 Å². The van der Waals surface area contributed by atoms with Gasteiger partial charge in [0, 0.05) is 16.4 Å². The predicted octanol–water partition coefficient (Wildman–Crippen LogP) is 2.93. The Bertz CT molecular complexity index is 601. The smallest absolute Gasteiger partial charge is 0.0706 e. The molecule has 0 saturated carbocycles. The molecule has 0 bridgehead atoms. The molecule has 2 aromatic rings. The number of benzene rings is 1. The van der Waals surface area contributed by atoms with E-state index in [9.17, 15) is 4.21 Å². The first kappa shape index (κ1) is 13.1. The molecular formula is C13H13ClN2OS. The van der Waals surface area contributed by atoms with Gasteiger partial charge >= 0.3 is 0 Å². The molecule has 1 heterocycles. The van der Waals surface area contributed by atoms with Crippen LogP contribution in [0.15, 0.2) is 41.3 Å². The molecule has 0 radical (unpaired) electrons. The lowest BCUT2D eigenvalue weighted by Gasteiger charge is -2.06. The molecule has 0 aliphatic carbocycles. The van der Waals surface area contributed by atoms with Gasteiger partial charge in [0.05, 0.1) is 27.1 Å². The number of rotatable bonds is 3. The van der Waals surface area contributed by atoms with Gasteiger partial charge in [-0.05, 0) is 37.3 Å². The number of halogens is 1. The summed E-state index contributed by atoms with van der Waals surface area (Å²) in [5.41, 5.74) is 7.98. The monoisotopic (exact) mass is 280 g/mol. The second-order valence-corrected chi connectivity index (χ2v) is 5.80. The van der Waals surface area contributed by atoms with Crippen LogP contribution in [0.5, 0.6) is 0 Å². The summed E-state index contributed by atoms with van der Waals surface area (Å²) in [6.07, 6.45) is 0. The van der Waals surface area contributed by atoms with Crippen LogP contribution in [0.3, 0.4) is 0 Å². The van der Waals surface area contributed by atoms with Crippen molar-refractivity contribution < 1.29 is 4.21 Å². The van der Waals surface area contributed by atoms with Gasteiger partial charge in [-0.15, -0.1) is 0 Å². The summed E-state index contributed by atoms with van der Waals surface area (Å²) in [6, 6.07) is 10.6. The molecule has 5 heteroatoms. The number of nitrogens with two attached hydrogens (primary N) is 1. The molecule has 0 fully saturated rings. The van der Waals surface area contributed by atoms with Crippen LogP contribution in [0.25, 0.3) is 0 Å². The van der Waals surface area contributed by atoms with Gasteiger partial charge in [-0.2, -0.15) is 0 Å². The van der Waals surface area contributed by atoms with Crippen molar-refractivity contribution in [3.05, 3.63) is 52.8 Å². The summed E-state index contributed by atoms with van der Waals surface area (Å²) in [5.74, 6) is 0.340. The highest BCUT2D eigenvalue weighted by Crippen LogP contribution is 2.22. The van der Waals surface area contributed by atoms with Crippen LogP contribution >= 0.6 is 11.6 Å². The molecule has 1 atom stereocenters. The largest absolute Gasteiger partial charge is 0.398 e. The zero-order chi connectivity index (χ0) is 13.1. The van der Waals surface area contributed by atoms with E-state index in [1.54, 1.807) is 18.2 Å². The lowest BCUT2D eigenvalue weighted by molar-refractivity contribution is 0.682. The number of pyridine rings is 1. The molecule has 2 rings (SSSR count). The first-order valence-electron chi connectivity index (χ1n) is 5.42. The number of aromatic nitrogens is 1. The van der Waals surface area contributed by atoms with Crippen LogP contribution in [-0.2, 0) is 16.6 Å². The minimum atomic E-state index is -1.24. The van der Waals surface area contributed by atoms with Crippen molar-refractivity contribution in [3.63, 3.8) is 0 Å². The average Bonchev–Trinajstić information content (AvgIpc) is 2.32. The van der Waals surface area contributed by atoms with Gasteiger partial charge in [-0.1, -0.05) is 17.7 Å². The van der Waals surface area contributed by atoms with E-state index in [0.29, 0.717) is 21.4 Å². The molecule has 0 aliphatic heterocycles. The highest BCUT2D eigenvalue weighted by molar-refractivity contribution is 7.84. The van der Waals surface area contributed by atoms with Crippen molar-refractivity contribution in [2.75, 3.05) is 5.73 Å². The van der Waals surface area contributed by atoms with Crippen molar-refractivity contribution in [2.45, 2.75) is 17.6 Å². The highest BCUT2D eigenvalue weighted by atomic mass is 35.5. The Balaban J connectivity index is 2.24. The molecule has 3 nitrogen and oxygen atoms in total. The first-order chi connectivity index (χ1) is 8.56. The molecule has 1 aromatic heterocycles. The van der Waals surface area contributed by atoms with E-state index in [4.69, 9.17) is 17.3 Å². The third kappa shape index (κ3) is 3.09. The zero-order valence-electron chi connectivity index (χ0n) is 9.89. The molecule has 18 heavy (non-hydrogen) atoms. The Morgan fingerprint density at radius 2 is 2.11 bits per heavy atom. The number of anilines is 1. The van der Waals surface area contributed by atoms with Gasteiger partial charge in [-0.3, -0.25) is 9.19 Å². The minimum absolute atomic E-state index is 0.340. The molecule has 94 valence electrons. The van der Waals surface area contributed by atoms with Crippen LogP contribution in [0.4, 0.5) is 5.69 Å². The van der Waals surface area contributed by atoms with E-state index in [-0.39, 0.29) is 0 Å². The van der Waals surface area contributed by atoms with E-state index < -0.39 is 10.8 Å². The van der Waals surface area contributed by atoms with Gasteiger partial charge in [-0.25, -0.2) is 0 Å². The Hall–Kier alpha value is -1.39. The Kier molecular flexibility index (Phi) is 3.99. The Morgan fingerprint density at radius 1 is 1.33 bits per heavy atom. The molecule has 0 spiro atoms. The van der Waals surface area contributed by atoms with Gasteiger partial charge in [0.2, 0.25) is 0 Å². The van der Waals surface area contributed by atoms with Crippen molar-refractivity contribution in [1.29, 1.82) is 0 Å². The van der Waals surface area contributed by atoms with Gasteiger partial charge in [0.25, 0.3) is 0 Å². The molecule has 0 saturated heterocycles. The topological polar surface area (TPSA) is 56.0 Å². The van der Waals surface area contributed by atoms with E-state index in [0.717, 1.165) is 11.4 Å². The lowest BCUT2D eigenvalue weighted by atomic mass is 10.3. The summed E-state index contributed by atoms with van der Waals surface area (Å²) in [5, 5.41) is 0.532. The molecular weight excluding hydrogens is 268 g/mol. The summed E-state index contributed by atoms with van der Waals surface area (Å²) in [7, 11) is -1.24. The van der Waals surface area contributed by atoms with Crippen molar-refractivity contribution in [1.82, 2.24) is 4.98 Å². The maximum absolute atomic E-state index is 12.2. The van der Waals surface area contributed by atoms with E-state index in [1.807, 2.05) is 25.1 Å². The van der Waals surface area contributed by atoms with Crippen molar-refractivity contribution in [3.8, 4) is 0 Å². The van der Waals surface area contributed by atoms with E-state index >= 15 is 0 Å². The fraction of sp³-hybridized carbons (Fsp3) is 0.154. The normalized spacial score (nSPS) is 12.3. The van der Waals surface area contributed by atoms with Crippen LogP contribution in [0, 0.1) is 6.92 Å². The number of aryl methyl sites for hydroxylation is 1. The van der Waals surface area contributed by atoms with Gasteiger partial charge in [0.1, 0.15) is 0 Å². The van der Waals surface area contributed by atoms with Gasteiger partial charge < -0.3 is 5.73 Å². The SMILES string of the molecule is Cc1cccc(CS(=O)c2cc(Cl)ccc2N)n1. The fourth-order valence-electron chi connectivity index (χ4n) is 1.60. The average molecular weight is 281 g/mol. The Morgan fingerprint density at radius 3 is 2.83 bits per heavy atom. The van der Waals surface area contributed by atoms with Crippen LogP contribution in [0.2, 0.25) is 5.02 Å². The van der Waals surface area contributed by atoms with Crippen molar-refractivity contribution in [2.24, 2.45) is 0 Å². The standard InChI is InChI=1S/C13H13ClN2OS/c1-9-3-2-4-11(16-9)8-18(17)13-7-10(14)5-6-12(13)15/h2-7H,8,15H2,1H3. The number of hydrogen-bond donors (Lipinski definition) is 1. The minimum Gasteiger partial charge on any atom is -0.398 e. The second kappa shape index (κ2) is 5.50. The molecule has 1 unspecified atom stereocenters. The number of nitrogen functional groups attached to an aromatic ring is 1. The second-order valence-electron chi connectivity index (χ2n) is 3.94. The maximum Gasteiger partial charge on any atom is 0.0706 e. The fourth-order valence-corrected chi connectivity index (χ4v) is 3.01. The Labute approximate surface area is 113 Å². The van der Waals surface area contributed by atoms with Crippen molar-refractivity contribution >= 4 is 28.1 Å². The summed E-state index contributed by atoms with van der Waals surface area (Å²) >= 11 is 5.88. The highest BCUT2D eigenvalue weighted by Gasteiger charge is 2.10. The third-order valence-electron chi connectivity index (χ3n) is 2.45. The van der Waals surface area contributed by atoms with Crippen LogP contribution in [-0.4, -0.2) is 9.19 Å². The molecule has 0 aliphatic rings. The number of nitrogens with zero attached hydrogens (tertiary/aromatic N) is 1. The maximum atomic E-state index is 12.2. The number of hydrogen-bond acceptors (Lipinski definition) is 3. The zero-order valence-corrected chi connectivity index (χ0v) is 11.5. The molecule has 2 N–H and O–H groups in total. The van der Waals surface area contributed by atoms with E-state index in [2.05, 4.69) is 4.98 Å². The van der Waals surface area contributed by atoms with Gasteiger partial charge in [0.15, 0.2) is 0 Å². The first-order valence-corrected chi connectivity index (χ1v) is 7.12.